The highest BCUT2D eigenvalue weighted by Gasteiger charge is 2.31. The molecule has 1 aromatic rings. The SMILES string of the molecule is CCNC(=NCC(O)c1cc(OC)ccc1OC)NC1CN(C(C)C)CC1C. The van der Waals surface area contributed by atoms with Gasteiger partial charge in [0.25, 0.3) is 0 Å². The van der Waals surface area contributed by atoms with Gasteiger partial charge in [-0.05, 0) is 44.9 Å². The van der Waals surface area contributed by atoms with Gasteiger partial charge in [-0.25, -0.2) is 0 Å². The number of aliphatic hydroxyl groups is 1. The second-order valence-corrected chi connectivity index (χ2v) is 7.62. The van der Waals surface area contributed by atoms with E-state index in [0.29, 0.717) is 35.1 Å². The minimum atomic E-state index is -0.784. The van der Waals surface area contributed by atoms with Gasteiger partial charge in [0.05, 0.1) is 20.8 Å². The number of ether oxygens (including phenoxy) is 2. The first-order valence-corrected chi connectivity index (χ1v) is 10.1. The molecule has 0 radical (unpaired) electrons. The topological polar surface area (TPSA) is 78.4 Å². The zero-order valence-electron chi connectivity index (χ0n) is 18.0. The summed E-state index contributed by atoms with van der Waals surface area (Å²) in [6.45, 7) is 11.8. The molecule has 0 bridgehead atoms. The van der Waals surface area contributed by atoms with E-state index in [2.05, 4.69) is 41.3 Å². The fourth-order valence-corrected chi connectivity index (χ4v) is 3.49. The Morgan fingerprint density at radius 3 is 2.61 bits per heavy atom. The summed E-state index contributed by atoms with van der Waals surface area (Å²) in [7, 11) is 3.20. The van der Waals surface area contributed by atoms with E-state index in [9.17, 15) is 5.11 Å². The summed E-state index contributed by atoms with van der Waals surface area (Å²) in [6, 6.07) is 6.27. The molecule has 1 fully saturated rings. The normalized spacial score (nSPS) is 21.6. The molecule has 28 heavy (non-hydrogen) atoms. The summed E-state index contributed by atoms with van der Waals surface area (Å²) in [6.07, 6.45) is -0.784. The number of benzene rings is 1. The van der Waals surface area contributed by atoms with Gasteiger partial charge in [-0.3, -0.25) is 9.89 Å². The number of likely N-dealkylation sites (tertiary alicyclic amines) is 1. The molecule has 1 aliphatic heterocycles. The highest BCUT2D eigenvalue weighted by molar-refractivity contribution is 5.80. The van der Waals surface area contributed by atoms with E-state index in [1.165, 1.54) is 0 Å². The van der Waals surface area contributed by atoms with Crippen LogP contribution in [0.5, 0.6) is 11.5 Å². The molecule has 1 aromatic carbocycles. The smallest absolute Gasteiger partial charge is 0.191 e. The molecule has 7 nitrogen and oxygen atoms in total. The van der Waals surface area contributed by atoms with Crippen molar-refractivity contribution in [3.63, 3.8) is 0 Å². The molecule has 3 atom stereocenters. The summed E-state index contributed by atoms with van der Waals surface area (Å²) in [5.41, 5.74) is 0.668. The highest BCUT2D eigenvalue weighted by atomic mass is 16.5. The Morgan fingerprint density at radius 1 is 1.29 bits per heavy atom. The van der Waals surface area contributed by atoms with Crippen LogP contribution in [0.25, 0.3) is 0 Å². The predicted octanol–water partition coefficient (Wildman–Crippen LogP) is 2.02. The molecule has 0 aromatic heterocycles. The average molecular weight is 393 g/mol. The molecule has 0 aliphatic carbocycles. The van der Waals surface area contributed by atoms with Crippen LogP contribution in [-0.4, -0.2) is 68.4 Å². The Morgan fingerprint density at radius 2 is 2.04 bits per heavy atom. The lowest BCUT2D eigenvalue weighted by atomic mass is 10.1. The molecule has 1 saturated heterocycles. The zero-order chi connectivity index (χ0) is 20.7. The van der Waals surface area contributed by atoms with E-state index < -0.39 is 6.10 Å². The third-order valence-corrected chi connectivity index (χ3v) is 5.26. The van der Waals surface area contributed by atoms with Gasteiger partial charge < -0.3 is 25.2 Å². The van der Waals surface area contributed by atoms with Crippen LogP contribution in [0.2, 0.25) is 0 Å². The van der Waals surface area contributed by atoms with Crippen molar-refractivity contribution in [3.05, 3.63) is 23.8 Å². The van der Waals surface area contributed by atoms with Crippen LogP contribution in [0.4, 0.5) is 0 Å². The van der Waals surface area contributed by atoms with Crippen molar-refractivity contribution < 1.29 is 14.6 Å². The summed E-state index contributed by atoms with van der Waals surface area (Å²) >= 11 is 0. The fraction of sp³-hybridized carbons (Fsp3) is 0.667. The minimum Gasteiger partial charge on any atom is -0.497 e. The number of hydrogen-bond donors (Lipinski definition) is 3. The van der Waals surface area contributed by atoms with Gasteiger partial charge in [-0.15, -0.1) is 0 Å². The minimum absolute atomic E-state index is 0.230. The molecule has 1 aliphatic rings. The quantitative estimate of drug-likeness (QED) is 0.464. The number of nitrogens with zero attached hydrogens (tertiary/aromatic N) is 2. The van der Waals surface area contributed by atoms with E-state index in [1.54, 1.807) is 26.4 Å². The monoisotopic (exact) mass is 392 g/mol. The third kappa shape index (κ3) is 5.75. The van der Waals surface area contributed by atoms with Crippen LogP contribution in [0, 0.1) is 5.92 Å². The van der Waals surface area contributed by atoms with E-state index >= 15 is 0 Å². The Labute approximate surface area is 169 Å². The van der Waals surface area contributed by atoms with Crippen molar-refractivity contribution in [2.24, 2.45) is 10.9 Å². The Balaban J connectivity index is 2.08. The Kier molecular flexibility index (Phi) is 8.38. The molecule has 7 heteroatoms. The van der Waals surface area contributed by atoms with E-state index in [-0.39, 0.29) is 6.54 Å². The predicted molar refractivity (Wildman–Crippen MR) is 113 cm³/mol. The first kappa shape index (κ1) is 22.3. The number of guanidine groups is 1. The van der Waals surface area contributed by atoms with E-state index in [1.807, 2.05) is 13.0 Å². The second-order valence-electron chi connectivity index (χ2n) is 7.62. The number of aliphatic hydroxyl groups excluding tert-OH is 1. The Hall–Kier alpha value is -1.99. The molecular weight excluding hydrogens is 356 g/mol. The number of aliphatic imine (C=N–C) groups is 1. The highest BCUT2D eigenvalue weighted by Crippen LogP contribution is 2.29. The number of methoxy groups -OCH3 is 2. The third-order valence-electron chi connectivity index (χ3n) is 5.26. The number of hydrogen-bond acceptors (Lipinski definition) is 5. The first-order valence-electron chi connectivity index (χ1n) is 10.1. The van der Waals surface area contributed by atoms with Gasteiger partial charge in [0.1, 0.15) is 17.6 Å². The molecule has 1 heterocycles. The summed E-state index contributed by atoms with van der Waals surface area (Å²) < 4.78 is 10.6. The van der Waals surface area contributed by atoms with Crippen molar-refractivity contribution in [2.75, 3.05) is 40.4 Å². The number of nitrogens with one attached hydrogen (secondary N) is 2. The van der Waals surface area contributed by atoms with E-state index in [4.69, 9.17) is 9.47 Å². The molecule has 0 spiro atoms. The van der Waals surface area contributed by atoms with Crippen molar-refractivity contribution in [1.29, 1.82) is 0 Å². The second kappa shape index (κ2) is 10.5. The van der Waals surface area contributed by atoms with Crippen molar-refractivity contribution in [3.8, 4) is 11.5 Å². The van der Waals surface area contributed by atoms with Crippen LogP contribution < -0.4 is 20.1 Å². The van der Waals surface area contributed by atoms with E-state index in [0.717, 1.165) is 25.6 Å². The molecule has 0 amide bonds. The molecule has 158 valence electrons. The molecule has 2 rings (SSSR count). The van der Waals surface area contributed by atoms with Crippen LogP contribution in [-0.2, 0) is 0 Å². The van der Waals surface area contributed by atoms with Crippen molar-refractivity contribution >= 4 is 5.96 Å². The van der Waals surface area contributed by atoms with Crippen LogP contribution >= 0.6 is 0 Å². The van der Waals surface area contributed by atoms with Crippen molar-refractivity contribution in [2.45, 2.75) is 45.9 Å². The molecule has 3 unspecified atom stereocenters. The zero-order valence-corrected chi connectivity index (χ0v) is 18.0. The van der Waals surface area contributed by atoms with Gasteiger partial charge in [0, 0.05) is 37.3 Å². The lowest BCUT2D eigenvalue weighted by molar-refractivity contribution is 0.182. The average Bonchev–Trinajstić information content (AvgIpc) is 3.06. The summed E-state index contributed by atoms with van der Waals surface area (Å²) in [4.78, 5) is 7.09. The maximum Gasteiger partial charge on any atom is 0.191 e. The maximum absolute atomic E-state index is 10.7. The van der Waals surface area contributed by atoms with Crippen LogP contribution in [0.15, 0.2) is 23.2 Å². The molecule has 0 saturated carbocycles. The summed E-state index contributed by atoms with van der Waals surface area (Å²) in [5, 5.41) is 17.5. The first-order chi connectivity index (χ1) is 13.4. The standard InChI is InChI=1S/C21H36N4O3/c1-7-22-21(24-18-13-25(14(2)3)12-15(18)4)23-11-19(26)17-10-16(27-5)8-9-20(17)28-6/h8-10,14-15,18-19,26H,7,11-13H2,1-6H3,(H2,22,23,24). The van der Waals surface area contributed by atoms with Gasteiger partial charge in [0.2, 0.25) is 0 Å². The van der Waals surface area contributed by atoms with Gasteiger partial charge >= 0.3 is 0 Å². The maximum atomic E-state index is 10.7. The fourth-order valence-electron chi connectivity index (χ4n) is 3.49. The lowest BCUT2D eigenvalue weighted by Crippen LogP contribution is -2.47. The number of rotatable bonds is 8. The van der Waals surface area contributed by atoms with Gasteiger partial charge in [0.15, 0.2) is 5.96 Å². The van der Waals surface area contributed by atoms with Crippen LogP contribution in [0.3, 0.4) is 0 Å². The van der Waals surface area contributed by atoms with Gasteiger partial charge in [-0.1, -0.05) is 6.92 Å². The van der Waals surface area contributed by atoms with Crippen LogP contribution in [0.1, 0.15) is 39.4 Å². The van der Waals surface area contributed by atoms with Gasteiger partial charge in [-0.2, -0.15) is 0 Å². The largest absolute Gasteiger partial charge is 0.497 e. The Bertz CT molecular complexity index is 651. The molecule has 3 N–H and O–H groups in total. The summed E-state index contributed by atoms with van der Waals surface area (Å²) in [5.74, 6) is 2.57. The lowest BCUT2D eigenvalue weighted by Gasteiger charge is -2.22. The molecular formula is C21H36N4O3. The van der Waals surface area contributed by atoms with Crippen molar-refractivity contribution in [1.82, 2.24) is 15.5 Å².